The molecule has 2 unspecified atom stereocenters. The first-order valence-corrected chi connectivity index (χ1v) is 7.56. The third-order valence-electron chi connectivity index (χ3n) is 4.23. The standard InChI is InChI=1S/C13H25NS/c1-10(11-4-5-11)8-14-12-9-15-7-6-13(12,2)3/h10-12,14H,4-9H2,1-3H3. The van der Waals surface area contributed by atoms with Gasteiger partial charge in [0.15, 0.2) is 0 Å². The third-order valence-corrected chi connectivity index (χ3v) is 5.29. The smallest absolute Gasteiger partial charge is 0.0209 e. The maximum Gasteiger partial charge on any atom is 0.0209 e. The van der Waals surface area contributed by atoms with Gasteiger partial charge in [0.05, 0.1) is 0 Å². The van der Waals surface area contributed by atoms with E-state index in [1.165, 1.54) is 37.3 Å². The summed E-state index contributed by atoms with van der Waals surface area (Å²) in [6, 6.07) is 0.734. The maximum absolute atomic E-state index is 3.81. The van der Waals surface area contributed by atoms with Gasteiger partial charge in [-0.3, -0.25) is 0 Å². The largest absolute Gasteiger partial charge is 0.312 e. The average Bonchev–Trinajstić information content (AvgIpc) is 2.98. The molecule has 1 heterocycles. The minimum atomic E-state index is 0.508. The lowest BCUT2D eigenvalue weighted by atomic mass is 9.82. The molecule has 1 N–H and O–H groups in total. The molecule has 88 valence electrons. The van der Waals surface area contributed by atoms with Gasteiger partial charge in [-0.1, -0.05) is 20.8 Å². The molecular weight excluding hydrogens is 202 g/mol. The van der Waals surface area contributed by atoms with Gasteiger partial charge in [0, 0.05) is 11.8 Å². The predicted octanol–water partition coefficient (Wildman–Crippen LogP) is 3.15. The highest BCUT2D eigenvalue weighted by molar-refractivity contribution is 7.99. The second kappa shape index (κ2) is 4.67. The van der Waals surface area contributed by atoms with Crippen LogP contribution in [0.25, 0.3) is 0 Å². The maximum atomic E-state index is 3.81. The Hall–Kier alpha value is 0.310. The molecule has 15 heavy (non-hydrogen) atoms. The van der Waals surface area contributed by atoms with Gasteiger partial charge >= 0.3 is 0 Å². The zero-order valence-corrected chi connectivity index (χ0v) is 11.2. The van der Waals surface area contributed by atoms with E-state index in [0.717, 1.165) is 17.9 Å². The summed E-state index contributed by atoms with van der Waals surface area (Å²) in [4.78, 5) is 0. The normalized spacial score (nSPS) is 32.6. The van der Waals surface area contributed by atoms with Gasteiger partial charge in [-0.2, -0.15) is 11.8 Å². The number of nitrogens with one attached hydrogen (secondary N) is 1. The van der Waals surface area contributed by atoms with Gasteiger partial charge < -0.3 is 5.32 Å². The van der Waals surface area contributed by atoms with E-state index in [9.17, 15) is 0 Å². The summed E-state index contributed by atoms with van der Waals surface area (Å²) < 4.78 is 0. The number of hydrogen-bond acceptors (Lipinski definition) is 2. The highest BCUT2D eigenvalue weighted by Gasteiger charge is 2.34. The van der Waals surface area contributed by atoms with Crippen molar-refractivity contribution in [1.29, 1.82) is 0 Å². The van der Waals surface area contributed by atoms with Crippen LogP contribution in [-0.2, 0) is 0 Å². The van der Waals surface area contributed by atoms with Crippen molar-refractivity contribution in [2.45, 2.75) is 46.1 Å². The first-order valence-electron chi connectivity index (χ1n) is 6.41. The highest BCUT2D eigenvalue weighted by atomic mass is 32.2. The van der Waals surface area contributed by atoms with Crippen molar-refractivity contribution in [3.8, 4) is 0 Å². The van der Waals surface area contributed by atoms with E-state index in [2.05, 4.69) is 37.8 Å². The molecule has 0 spiro atoms. The molecule has 1 aliphatic carbocycles. The molecule has 2 aliphatic rings. The Balaban J connectivity index is 1.76. The monoisotopic (exact) mass is 227 g/mol. The van der Waals surface area contributed by atoms with E-state index >= 15 is 0 Å². The van der Waals surface area contributed by atoms with Crippen LogP contribution in [0.1, 0.15) is 40.0 Å². The molecule has 1 aliphatic heterocycles. The molecule has 0 bridgehead atoms. The first kappa shape index (κ1) is 11.8. The quantitative estimate of drug-likeness (QED) is 0.792. The minimum absolute atomic E-state index is 0.508. The molecule has 2 heteroatoms. The van der Waals surface area contributed by atoms with Crippen molar-refractivity contribution in [3.05, 3.63) is 0 Å². The zero-order chi connectivity index (χ0) is 10.9. The molecule has 2 atom stereocenters. The molecule has 0 radical (unpaired) electrons. The van der Waals surface area contributed by atoms with Crippen LogP contribution in [0, 0.1) is 17.3 Å². The van der Waals surface area contributed by atoms with E-state index in [4.69, 9.17) is 0 Å². The summed E-state index contributed by atoms with van der Waals surface area (Å²) in [5.41, 5.74) is 0.508. The van der Waals surface area contributed by atoms with Crippen molar-refractivity contribution in [2.24, 2.45) is 17.3 Å². The zero-order valence-electron chi connectivity index (χ0n) is 10.4. The Kier molecular flexibility index (Phi) is 3.67. The number of rotatable bonds is 4. The molecular formula is C13H25NS. The minimum Gasteiger partial charge on any atom is -0.312 e. The van der Waals surface area contributed by atoms with Gasteiger partial charge in [-0.25, -0.2) is 0 Å². The number of thioether (sulfide) groups is 1. The Bertz CT molecular complexity index is 211. The molecule has 0 aromatic heterocycles. The van der Waals surface area contributed by atoms with Crippen molar-refractivity contribution in [2.75, 3.05) is 18.1 Å². The summed E-state index contributed by atoms with van der Waals surface area (Å²) in [6.45, 7) is 8.49. The summed E-state index contributed by atoms with van der Waals surface area (Å²) in [7, 11) is 0. The molecule has 0 aromatic carbocycles. The van der Waals surface area contributed by atoms with E-state index in [0.29, 0.717) is 5.41 Å². The summed E-state index contributed by atoms with van der Waals surface area (Å²) in [5, 5.41) is 3.81. The van der Waals surface area contributed by atoms with Gasteiger partial charge in [0.1, 0.15) is 0 Å². The van der Waals surface area contributed by atoms with Crippen molar-refractivity contribution >= 4 is 11.8 Å². The fourth-order valence-corrected chi connectivity index (χ4v) is 4.07. The fraction of sp³-hybridized carbons (Fsp3) is 1.00. The van der Waals surface area contributed by atoms with Crippen LogP contribution in [0.3, 0.4) is 0 Å². The second-order valence-corrected chi connectivity index (χ2v) is 7.24. The van der Waals surface area contributed by atoms with Crippen molar-refractivity contribution < 1.29 is 0 Å². The summed E-state index contributed by atoms with van der Waals surface area (Å²) in [5.74, 6) is 4.60. The lowest BCUT2D eigenvalue weighted by Gasteiger charge is -2.39. The average molecular weight is 227 g/mol. The Morgan fingerprint density at radius 1 is 1.40 bits per heavy atom. The lowest BCUT2D eigenvalue weighted by Crippen LogP contribution is -2.48. The SMILES string of the molecule is CC(CNC1CSCCC1(C)C)C1CC1. The molecule has 1 saturated carbocycles. The number of hydrogen-bond donors (Lipinski definition) is 1. The summed E-state index contributed by atoms with van der Waals surface area (Å²) in [6.07, 6.45) is 4.32. The first-order chi connectivity index (χ1) is 7.09. The van der Waals surface area contributed by atoms with Crippen LogP contribution < -0.4 is 5.32 Å². The van der Waals surface area contributed by atoms with Gasteiger partial charge in [-0.05, 0) is 48.8 Å². The fourth-order valence-electron chi connectivity index (χ4n) is 2.43. The van der Waals surface area contributed by atoms with Crippen LogP contribution in [0.2, 0.25) is 0 Å². The molecule has 1 saturated heterocycles. The Morgan fingerprint density at radius 2 is 2.13 bits per heavy atom. The lowest BCUT2D eigenvalue weighted by molar-refractivity contribution is 0.235. The van der Waals surface area contributed by atoms with Gasteiger partial charge in [-0.15, -0.1) is 0 Å². The highest BCUT2D eigenvalue weighted by Crippen LogP contribution is 2.37. The van der Waals surface area contributed by atoms with Crippen LogP contribution in [-0.4, -0.2) is 24.1 Å². The van der Waals surface area contributed by atoms with Crippen LogP contribution in [0.15, 0.2) is 0 Å². The molecule has 0 aromatic rings. The van der Waals surface area contributed by atoms with Gasteiger partial charge in [0.25, 0.3) is 0 Å². The van der Waals surface area contributed by atoms with E-state index < -0.39 is 0 Å². The van der Waals surface area contributed by atoms with E-state index in [1.807, 2.05) is 0 Å². The van der Waals surface area contributed by atoms with E-state index in [-0.39, 0.29) is 0 Å². The van der Waals surface area contributed by atoms with Crippen molar-refractivity contribution in [3.63, 3.8) is 0 Å². The predicted molar refractivity (Wildman–Crippen MR) is 69.4 cm³/mol. The van der Waals surface area contributed by atoms with Crippen LogP contribution >= 0.6 is 11.8 Å². The Morgan fingerprint density at radius 3 is 2.73 bits per heavy atom. The van der Waals surface area contributed by atoms with Crippen LogP contribution in [0.5, 0.6) is 0 Å². The van der Waals surface area contributed by atoms with Crippen LogP contribution in [0.4, 0.5) is 0 Å². The third kappa shape index (κ3) is 3.13. The molecule has 1 nitrogen and oxygen atoms in total. The van der Waals surface area contributed by atoms with Crippen molar-refractivity contribution in [1.82, 2.24) is 5.32 Å². The molecule has 2 rings (SSSR count). The van der Waals surface area contributed by atoms with E-state index in [1.54, 1.807) is 0 Å². The summed E-state index contributed by atoms with van der Waals surface area (Å²) >= 11 is 2.12. The van der Waals surface area contributed by atoms with Gasteiger partial charge in [0.2, 0.25) is 0 Å². The Labute approximate surface area is 98.8 Å². The second-order valence-electron chi connectivity index (χ2n) is 6.09. The molecule has 0 amide bonds. The molecule has 2 fully saturated rings. The topological polar surface area (TPSA) is 12.0 Å².